The van der Waals surface area contributed by atoms with E-state index in [4.69, 9.17) is 16.3 Å². The van der Waals surface area contributed by atoms with Gasteiger partial charge in [0.1, 0.15) is 11.4 Å². The smallest absolute Gasteiger partial charge is 0.282 e. The monoisotopic (exact) mass is 410 g/mol. The van der Waals surface area contributed by atoms with Crippen LogP contribution in [0.15, 0.2) is 71.7 Å². The first-order chi connectivity index (χ1) is 13.6. The minimum absolute atomic E-state index is 0.192. The summed E-state index contributed by atoms with van der Waals surface area (Å²) in [4.78, 5) is 28.3. The Kier molecular flexibility index (Phi) is 4.90. The van der Waals surface area contributed by atoms with Gasteiger partial charge in [-0.05, 0) is 35.7 Å². The summed E-state index contributed by atoms with van der Waals surface area (Å²) < 4.78 is 5.36. The second-order valence-electron chi connectivity index (χ2n) is 5.95. The summed E-state index contributed by atoms with van der Waals surface area (Å²) in [5, 5.41) is 5.29. The number of ether oxygens (including phenoxy) is 1. The molecule has 2 heterocycles. The average molecular weight is 411 g/mol. The van der Waals surface area contributed by atoms with Crippen LogP contribution < -0.4 is 15.0 Å². The number of thiophene rings is 1. The Labute approximate surface area is 170 Å². The van der Waals surface area contributed by atoms with E-state index in [9.17, 15) is 9.59 Å². The van der Waals surface area contributed by atoms with Gasteiger partial charge in [0.25, 0.3) is 11.8 Å². The minimum atomic E-state index is -0.465. The fourth-order valence-corrected chi connectivity index (χ4v) is 4.02. The van der Waals surface area contributed by atoms with Crippen molar-refractivity contribution < 1.29 is 14.3 Å². The molecule has 1 aliphatic rings. The maximum absolute atomic E-state index is 13.3. The molecule has 3 aromatic rings. The lowest BCUT2D eigenvalue weighted by Gasteiger charge is -2.17. The maximum atomic E-state index is 13.3. The molecule has 28 heavy (non-hydrogen) atoms. The van der Waals surface area contributed by atoms with Crippen LogP contribution >= 0.6 is 22.9 Å². The van der Waals surface area contributed by atoms with E-state index >= 15 is 0 Å². The van der Waals surface area contributed by atoms with Crippen LogP contribution in [-0.2, 0) is 9.59 Å². The fraction of sp³-hybridized carbons (Fsp3) is 0.0476. The van der Waals surface area contributed by atoms with Gasteiger partial charge in [-0.3, -0.25) is 9.59 Å². The Hall–Kier alpha value is -3.09. The molecule has 4 rings (SSSR count). The van der Waals surface area contributed by atoms with E-state index in [0.29, 0.717) is 32.6 Å². The topological polar surface area (TPSA) is 58.6 Å². The Morgan fingerprint density at radius 3 is 2.43 bits per heavy atom. The number of carbonyl (C=O) groups excluding carboxylic acids is 2. The van der Waals surface area contributed by atoms with E-state index in [1.54, 1.807) is 43.5 Å². The predicted molar refractivity (Wildman–Crippen MR) is 112 cm³/mol. The maximum Gasteiger partial charge on any atom is 0.282 e. The number of rotatable bonds is 5. The normalized spacial score (nSPS) is 14.0. The molecule has 7 heteroatoms. The number of nitrogens with zero attached hydrogens (tertiary/aromatic N) is 1. The molecule has 1 N–H and O–H groups in total. The largest absolute Gasteiger partial charge is 0.495 e. The molecule has 0 saturated carbocycles. The highest BCUT2D eigenvalue weighted by Gasteiger charge is 2.41. The molecule has 2 amide bonds. The van der Waals surface area contributed by atoms with E-state index in [-0.39, 0.29) is 5.70 Å². The first-order valence-corrected chi connectivity index (χ1v) is 9.69. The number of methoxy groups -OCH3 is 1. The third-order valence-electron chi connectivity index (χ3n) is 4.31. The van der Waals surface area contributed by atoms with Crippen LogP contribution in [0.4, 0.5) is 11.4 Å². The molecule has 0 unspecified atom stereocenters. The van der Waals surface area contributed by atoms with Crippen LogP contribution in [0.5, 0.6) is 5.75 Å². The highest BCUT2D eigenvalue weighted by atomic mass is 35.5. The fourth-order valence-electron chi connectivity index (χ4n) is 3.03. The molecule has 0 bridgehead atoms. The first-order valence-electron chi connectivity index (χ1n) is 8.43. The second-order valence-corrected chi connectivity index (χ2v) is 7.30. The van der Waals surface area contributed by atoms with Crippen molar-refractivity contribution in [3.8, 4) is 5.75 Å². The molecule has 0 saturated heterocycles. The number of halogens is 1. The Morgan fingerprint density at radius 1 is 0.964 bits per heavy atom. The van der Waals surface area contributed by atoms with Crippen LogP contribution in [0.1, 0.15) is 4.88 Å². The van der Waals surface area contributed by atoms with Crippen molar-refractivity contribution >= 4 is 51.7 Å². The SMILES string of the molecule is COc1ccccc1NC1=C(c2cccs2)C(=O)N(c2ccccc2Cl)C1=O. The molecule has 0 atom stereocenters. The zero-order valence-electron chi connectivity index (χ0n) is 14.8. The van der Waals surface area contributed by atoms with Crippen molar-refractivity contribution in [2.75, 3.05) is 17.3 Å². The minimum Gasteiger partial charge on any atom is -0.495 e. The number of carbonyl (C=O) groups is 2. The van der Waals surface area contributed by atoms with Crippen LogP contribution in [0.25, 0.3) is 5.57 Å². The standard InChI is InChI=1S/C21H15ClN2O3S/c1-27-16-10-5-3-8-14(16)23-19-18(17-11-6-12-28-17)20(25)24(21(19)26)15-9-4-2-7-13(15)22/h2-12,23H,1H3. The van der Waals surface area contributed by atoms with Gasteiger partial charge in [-0.15, -0.1) is 11.3 Å². The highest BCUT2D eigenvalue weighted by molar-refractivity contribution is 7.11. The van der Waals surface area contributed by atoms with Gasteiger partial charge >= 0.3 is 0 Å². The van der Waals surface area contributed by atoms with Crippen molar-refractivity contribution in [2.24, 2.45) is 0 Å². The number of nitrogens with one attached hydrogen (secondary N) is 1. The number of amides is 2. The first kappa shape index (κ1) is 18.3. The molecule has 0 fully saturated rings. The Bertz CT molecular complexity index is 1090. The molecule has 1 aliphatic heterocycles. The van der Waals surface area contributed by atoms with Gasteiger partial charge < -0.3 is 10.1 Å². The summed E-state index contributed by atoms with van der Waals surface area (Å²) in [7, 11) is 1.55. The number of hydrogen-bond acceptors (Lipinski definition) is 5. The van der Waals surface area contributed by atoms with E-state index in [1.165, 1.54) is 11.3 Å². The summed E-state index contributed by atoms with van der Waals surface area (Å²) >= 11 is 7.65. The van der Waals surface area contributed by atoms with Crippen molar-refractivity contribution in [2.45, 2.75) is 0 Å². The molecule has 1 aromatic heterocycles. The van der Waals surface area contributed by atoms with E-state index in [1.807, 2.05) is 29.6 Å². The van der Waals surface area contributed by atoms with E-state index in [0.717, 1.165) is 4.90 Å². The lowest BCUT2D eigenvalue weighted by atomic mass is 10.1. The zero-order chi connectivity index (χ0) is 19.7. The van der Waals surface area contributed by atoms with Crippen molar-refractivity contribution in [3.63, 3.8) is 0 Å². The Morgan fingerprint density at radius 2 is 1.71 bits per heavy atom. The number of imide groups is 1. The van der Waals surface area contributed by atoms with Crippen molar-refractivity contribution in [1.29, 1.82) is 0 Å². The summed E-state index contributed by atoms with van der Waals surface area (Å²) in [6, 6.07) is 17.6. The number of para-hydroxylation sites is 3. The third kappa shape index (κ3) is 3.06. The van der Waals surface area contributed by atoms with Gasteiger partial charge in [-0.2, -0.15) is 0 Å². The van der Waals surface area contributed by atoms with Crippen molar-refractivity contribution in [3.05, 3.63) is 81.6 Å². The van der Waals surface area contributed by atoms with Gasteiger partial charge in [0.05, 0.1) is 29.1 Å². The Balaban J connectivity index is 1.83. The number of anilines is 2. The number of benzene rings is 2. The van der Waals surface area contributed by atoms with Crippen LogP contribution in [0.2, 0.25) is 5.02 Å². The van der Waals surface area contributed by atoms with Gasteiger partial charge in [-0.1, -0.05) is 41.9 Å². The quantitative estimate of drug-likeness (QED) is 0.613. The third-order valence-corrected chi connectivity index (χ3v) is 5.52. The second kappa shape index (κ2) is 7.50. The van der Waals surface area contributed by atoms with E-state index < -0.39 is 11.8 Å². The van der Waals surface area contributed by atoms with Crippen LogP contribution in [-0.4, -0.2) is 18.9 Å². The van der Waals surface area contributed by atoms with Crippen molar-refractivity contribution in [1.82, 2.24) is 0 Å². The summed E-state index contributed by atoms with van der Waals surface area (Å²) in [6.07, 6.45) is 0. The van der Waals surface area contributed by atoms with Gasteiger partial charge in [0, 0.05) is 4.88 Å². The van der Waals surface area contributed by atoms with Gasteiger partial charge in [0.2, 0.25) is 0 Å². The van der Waals surface area contributed by atoms with Gasteiger partial charge in [-0.25, -0.2) is 4.90 Å². The molecule has 5 nitrogen and oxygen atoms in total. The lowest BCUT2D eigenvalue weighted by Crippen LogP contribution is -2.32. The highest BCUT2D eigenvalue weighted by Crippen LogP contribution is 2.38. The molecule has 0 radical (unpaired) electrons. The van der Waals surface area contributed by atoms with Crippen LogP contribution in [0.3, 0.4) is 0 Å². The lowest BCUT2D eigenvalue weighted by molar-refractivity contribution is -0.120. The molecular weight excluding hydrogens is 396 g/mol. The molecule has 0 spiro atoms. The predicted octanol–water partition coefficient (Wildman–Crippen LogP) is 4.81. The number of hydrogen-bond donors (Lipinski definition) is 1. The molecule has 2 aromatic carbocycles. The zero-order valence-corrected chi connectivity index (χ0v) is 16.4. The summed E-state index contributed by atoms with van der Waals surface area (Å²) in [5.41, 5.74) is 1.45. The molecule has 0 aliphatic carbocycles. The van der Waals surface area contributed by atoms with Crippen LogP contribution in [0, 0.1) is 0 Å². The molecular formula is C21H15ClN2O3S. The van der Waals surface area contributed by atoms with E-state index in [2.05, 4.69) is 5.32 Å². The summed E-state index contributed by atoms with van der Waals surface area (Å²) in [5.74, 6) is -0.317. The van der Waals surface area contributed by atoms with Gasteiger partial charge in [0.15, 0.2) is 0 Å². The average Bonchev–Trinajstić information content (AvgIpc) is 3.30. The summed E-state index contributed by atoms with van der Waals surface area (Å²) in [6.45, 7) is 0. The molecule has 140 valence electrons.